The van der Waals surface area contributed by atoms with Crippen LogP contribution in [0.15, 0.2) is 24.3 Å². The van der Waals surface area contributed by atoms with Gasteiger partial charge < -0.3 is 15.2 Å². The van der Waals surface area contributed by atoms with Crippen molar-refractivity contribution < 1.29 is 9.84 Å². The largest absolute Gasteiger partial charge is 0.497 e. The molecule has 0 heterocycles. The summed E-state index contributed by atoms with van der Waals surface area (Å²) in [7, 11) is 1.64. The molecule has 2 N–H and O–H groups in total. The molecule has 3 nitrogen and oxygen atoms in total. The highest BCUT2D eigenvalue weighted by atomic mass is 16.5. The Labute approximate surface area is 78.3 Å². The van der Waals surface area contributed by atoms with Gasteiger partial charge in [-0.1, -0.05) is 0 Å². The third-order valence-corrected chi connectivity index (χ3v) is 1.69. The second-order valence-electron chi connectivity index (χ2n) is 2.96. The first kappa shape index (κ1) is 9.86. The highest BCUT2D eigenvalue weighted by molar-refractivity contribution is 5.46. The molecule has 0 fully saturated rings. The average Bonchev–Trinajstić information content (AvgIpc) is 2.15. The lowest BCUT2D eigenvalue weighted by atomic mass is 10.3. The maximum Gasteiger partial charge on any atom is 0.119 e. The monoisotopic (exact) mass is 181 g/mol. The molecule has 0 aromatic heterocycles. The number of rotatable bonds is 4. The van der Waals surface area contributed by atoms with E-state index in [4.69, 9.17) is 9.84 Å². The molecule has 0 spiro atoms. The number of nitrogens with one attached hydrogen (secondary N) is 1. The molecule has 1 aromatic carbocycles. The quantitative estimate of drug-likeness (QED) is 0.739. The van der Waals surface area contributed by atoms with Crippen LogP contribution in [0.5, 0.6) is 5.75 Å². The van der Waals surface area contributed by atoms with Crippen molar-refractivity contribution in [2.45, 2.75) is 13.0 Å². The number of aliphatic hydroxyl groups is 1. The second-order valence-corrected chi connectivity index (χ2v) is 2.96. The molecular weight excluding hydrogens is 166 g/mol. The Hall–Kier alpha value is -1.22. The highest BCUT2D eigenvalue weighted by Gasteiger charge is 1.96. The predicted octanol–water partition coefficient (Wildman–Crippen LogP) is 1.49. The van der Waals surface area contributed by atoms with E-state index in [-0.39, 0.29) is 6.10 Å². The summed E-state index contributed by atoms with van der Waals surface area (Å²) in [5.41, 5.74) is 0.988. The van der Waals surface area contributed by atoms with E-state index in [0.29, 0.717) is 6.54 Å². The fraction of sp³-hybridized carbons (Fsp3) is 0.400. The van der Waals surface area contributed by atoms with Crippen LogP contribution < -0.4 is 10.1 Å². The zero-order valence-electron chi connectivity index (χ0n) is 7.95. The normalized spacial score (nSPS) is 12.2. The Bertz CT molecular complexity index is 244. The van der Waals surface area contributed by atoms with Gasteiger partial charge in [0.2, 0.25) is 0 Å². The van der Waals surface area contributed by atoms with Gasteiger partial charge in [-0.15, -0.1) is 0 Å². The minimum atomic E-state index is -0.331. The lowest BCUT2D eigenvalue weighted by Crippen LogP contribution is -2.15. The summed E-state index contributed by atoms with van der Waals surface area (Å²) >= 11 is 0. The molecule has 1 rings (SSSR count). The summed E-state index contributed by atoms with van der Waals surface area (Å²) in [5.74, 6) is 0.836. The fourth-order valence-electron chi connectivity index (χ4n) is 0.974. The summed E-state index contributed by atoms with van der Waals surface area (Å²) in [5, 5.41) is 12.1. The third-order valence-electron chi connectivity index (χ3n) is 1.69. The molecule has 0 bridgehead atoms. The minimum absolute atomic E-state index is 0.331. The summed E-state index contributed by atoms with van der Waals surface area (Å²) in [6.07, 6.45) is -0.331. The van der Waals surface area contributed by atoms with Crippen molar-refractivity contribution in [1.82, 2.24) is 0 Å². The first-order valence-corrected chi connectivity index (χ1v) is 4.28. The number of hydrogen-bond acceptors (Lipinski definition) is 3. The van der Waals surface area contributed by atoms with Crippen molar-refractivity contribution in [3.05, 3.63) is 24.3 Å². The van der Waals surface area contributed by atoms with Crippen molar-refractivity contribution in [2.24, 2.45) is 0 Å². The first-order chi connectivity index (χ1) is 6.22. The number of methoxy groups -OCH3 is 1. The van der Waals surface area contributed by atoms with Crippen LogP contribution in [0.1, 0.15) is 6.92 Å². The molecule has 1 atom stereocenters. The predicted molar refractivity (Wildman–Crippen MR) is 53.2 cm³/mol. The van der Waals surface area contributed by atoms with Crippen LogP contribution >= 0.6 is 0 Å². The van der Waals surface area contributed by atoms with E-state index in [2.05, 4.69) is 5.32 Å². The zero-order chi connectivity index (χ0) is 9.68. The van der Waals surface area contributed by atoms with Gasteiger partial charge >= 0.3 is 0 Å². The van der Waals surface area contributed by atoms with Crippen LogP contribution in [0.25, 0.3) is 0 Å². The fourth-order valence-corrected chi connectivity index (χ4v) is 0.974. The molecule has 0 saturated heterocycles. The van der Waals surface area contributed by atoms with Gasteiger partial charge in [-0.2, -0.15) is 0 Å². The lowest BCUT2D eigenvalue weighted by molar-refractivity contribution is 0.208. The van der Waals surface area contributed by atoms with Gasteiger partial charge in [0, 0.05) is 12.2 Å². The van der Waals surface area contributed by atoms with Crippen molar-refractivity contribution in [3.8, 4) is 5.75 Å². The average molecular weight is 181 g/mol. The molecule has 0 aliphatic carbocycles. The SMILES string of the molecule is COc1ccc(NC[C@H](C)O)cc1. The Morgan fingerprint density at radius 1 is 1.38 bits per heavy atom. The summed E-state index contributed by atoms with van der Waals surface area (Å²) in [4.78, 5) is 0. The molecule has 0 radical (unpaired) electrons. The number of benzene rings is 1. The van der Waals surface area contributed by atoms with E-state index >= 15 is 0 Å². The van der Waals surface area contributed by atoms with Gasteiger partial charge in [0.1, 0.15) is 5.75 Å². The van der Waals surface area contributed by atoms with Crippen LogP contribution in [-0.4, -0.2) is 24.9 Å². The smallest absolute Gasteiger partial charge is 0.119 e. The Morgan fingerprint density at radius 3 is 2.46 bits per heavy atom. The molecule has 0 aliphatic rings. The van der Waals surface area contributed by atoms with Crippen LogP contribution in [0.4, 0.5) is 5.69 Å². The Kier molecular flexibility index (Phi) is 3.58. The van der Waals surface area contributed by atoms with E-state index < -0.39 is 0 Å². The molecule has 0 saturated carbocycles. The number of aliphatic hydroxyl groups excluding tert-OH is 1. The van der Waals surface area contributed by atoms with E-state index in [1.54, 1.807) is 14.0 Å². The molecule has 3 heteroatoms. The summed E-state index contributed by atoms with van der Waals surface area (Å²) in [6, 6.07) is 7.59. The zero-order valence-corrected chi connectivity index (χ0v) is 7.95. The molecular formula is C10H15NO2. The Balaban J connectivity index is 2.49. The molecule has 72 valence electrons. The van der Waals surface area contributed by atoms with Gasteiger partial charge in [-0.05, 0) is 31.2 Å². The van der Waals surface area contributed by atoms with Gasteiger partial charge in [0.25, 0.3) is 0 Å². The lowest BCUT2D eigenvalue weighted by Gasteiger charge is -2.08. The van der Waals surface area contributed by atoms with Crippen molar-refractivity contribution >= 4 is 5.69 Å². The topological polar surface area (TPSA) is 41.5 Å². The van der Waals surface area contributed by atoms with E-state index in [9.17, 15) is 0 Å². The van der Waals surface area contributed by atoms with Crippen LogP contribution in [0.3, 0.4) is 0 Å². The number of ether oxygens (including phenoxy) is 1. The molecule has 13 heavy (non-hydrogen) atoms. The van der Waals surface area contributed by atoms with Gasteiger partial charge in [-0.25, -0.2) is 0 Å². The van der Waals surface area contributed by atoms with Crippen LogP contribution in [-0.2, 0) is 0 Å². The standard InChI is InChI=1S/C10H15NO2/c1-8(12)7-11-9-3-5-10(13-2)6-4-9/h3-6,8,11-12H,7H2,1-2H3/t8-/m0/s1. The van der Waals surface area contributed by atoms with Crippen molar-refractivity contribution in [2.75, 3.05) is 19.0 Å². The molecule has 1 aromatic rings. The van der Waals surface area contributed by atoms with Gasteiger partial charge in [-0.3, -0.25) is 0 Å². The van der Waals surface area contributed by atoms with E-state index in [0.717, 1.165) is 11.4 Å². The van der Waals surface area contributed by atoms with E-state index in [1.807, 2.05) is 24.3 Å². The third kappa shape index (κ3) is 3.34. The maximum absolute atomic E-state index is 9.03. The van der Waals surface area contributed by atoms with Crippen molar-refractivity contribution in [1.29, 1.82) is 0 Å². The second kappa shape index (κ2) is 4.72. The number of hydrogen-bond donors (Lipinski definition) is 2. The van der Waals surface area contributed by atoms with Crippen molar-refractivity contribution in [3.63, 3.8) is 0 Å². The maximum atomic E-state index is 9.03. The summed E-state index contributed by atoms with van der Waals surface area (Å²) < 4.78 is 5.02. The van der Waals surface area contributed by atoms with Crippen LogP contribution in [0, 0.1) is 0 Å². The first-order valence-electron chi connectivity index (χ1n) is 4.28. The minimum Gasteiger partial charge on any atom is -0.497 e. The highest BCUT2D eigenvalue weighted by Crippen LogP contribution is 2.14. The molecule has 0 unspecified atom stereocenters. The van der Waals surface area contributed by atoms with Gasteiger partial charge in [0.05, 0.1) is 13.2 Å². The number of anilines is 1. The van der Waals surface area contributed by atoms with Gasteiger partial charge in [0.15, 0.2) is 0 Å². The summed E-state index contributed by atoms with van der Waals surface area (Å²) in [6.45, 7) is 2.31. The molecule has 0 amide bonds. The van der Waals surface area contributed by atoms with Crippen LogP contribution in [0.2, 0.25) is 0 Å². The van der Waals surface area contributed by atoms with E-state index in [1.165, 1.54) is 0 Å². The Morgan fingerprint density at radius 2 is 2.00 bits per heavy atom. The molecule has 0 aliphatic heterocycles.